The minimum absolute atomic E-state index is 0.241. The summed E-state index contributed by atoms with van der Waals surface area (Å²) in [6, 6.07) is 8.02. The Balaban J connectivity index is 2.07. The number of benzene rings is 1. The standard InChI is InChI=1S/C13H16O7/c14-6-8-9(15)10(16)11(13(18)19-8)20-12(17)7-4-2-1-3-5-7/h1-5,8-11,13-16,18H,6H2/t8-,9-,10+,11+,13+/m1/s1. The Kier molecular flexibility index (Phi) is 4.69. The monoisotopic (exact) mass is 284 g/mol. The van der Waals surface area contributed by atoms with Crippen molar-refractivity contribution in [2.75, 3.05) is 6.61 Å². The van der Waals surface area contributed by atoms with Crippen molar-refractivity contribution < 1.29 is 34.7 Å². The van der Waals surface area contributed by atoms with Crippen molar-refractivity contribution in [2.45, 2.75) is 30.7 Å². The predicted octanol–water partition coefficient (Wildman–Crippen LogP) is -1.36. The third-order valence-corrected chi connectivity index (χ3v) is 3.10. The van der Waals surface area contributed by atoms with E-state index in [0.717, 1.165) is 0 Å². The van der Waals surface area contributed by atoms with Crippen LogP contribution < -0.4 is 0 Å². The molecule has 0 aromatic heterocycles. The number of carbonyl (C=O) groups excluding carboxylic acids is 1. The van der Waals surface area contributed by atoms with E-state index < -0.39 is 43.3 Å². The van der Waals surface area contributed by atoms with E-state index >= 15 is 0 Å². The molecular weight excluding hydrogens is 268 g/mol. The van der Waals surface area contributed by atoms with Gasteiger partial charge in [0.05, 0.1) is 12.2 Å². The number of hydrogen-bond donors (Lipinski definition) is 4. The molecule has 0 saturated carbocycles. The SMILES string of the molecule is O=C(O[C@H]1[C@@H](O)[C@H](O)[C@@H](CO)O[C@@H]1O)c1ccccc1. The van der Waals surface area contributed by atoms with Gasteiger partial charge in [0.1, 0.15) is 18.3 Å². The second kappa shape index (κ2) is 6.29. The maximum Gasteiger partial charge on any atom is 0.338 e. The van der Waals surface area contributed by atoms with E-state index in [-0.39, 0.29) is 5.56 Å². The summed E-state index contributed by atoms with van der Waals surface area (Å²) in [5, 5.41) is 38.1. The lowest BCUT2D eigenvalue weighted by Crippen LogP contribution is -2.59. The Hall–Kier alpha value is -1.51. The van der Waals surface area contributed by atoms with Crippen LogP contribution in [0, 0.1) is 0 Å². The van der Waals surface area contributed by atoms with Gasteiger partial charge in [-0.25, -0.2) is 4.79 Å². The van der Waals surface area contributed by atoms with Crippen LogP contribution in [0.1, 0.15) is 10.4 Å². The Morgan fingerprint density at radius 2 is 1.80 bits per heavy atom. The van der Waals surface area contributed by atoms with Crippen molar-refractivity contribution >= 4 is 5.97 Å². The molecule has 4 N–H and O–H groups in total. The summed E-state index contributed by atoms with van der Waals surface area (Å²) in [5.74, 6) is -0.757. The van der Waals surface area contributed by atoms with Crippen molar-refractivity contribution in [3.63, 3.8) is 0 Å². The first-order chi connectivity index (χ1) is 9.54. The van der Waals surface area contributed by atoms with Gasteiger partial charge in [-0.3, -0.25) is 0 Å². The maximum absolute atomic E-state index is 11.8. The van der Waals surface area contributed by atoms with Gasteiger partial charge in [-0.2, -0.15) is 0 Å². The van der Waals surface area contributed by atoms with Gasteiger partial charge in [-0.15, -0.1) is 0 Å². The smallest absolute Gasteiger partial charge is 0.338 e. The molecule has 2 rings (SSSR count). The van der Waals surface area contributed by atoms with E-state index in [0.29, 0.717) is 0 Å². The van der Waals surface area contributed by atoms with Gasteiger partial charge < -0.3 is 29.9 Å². The molecule has 5 atom stereocenters. The second-order valence-electron chi connectivity index (χ2n) is 4.46. The average Bonchev–Trinajstić information content (AvgIpc) is 2.48. The number of esters is 1. The maximum atomic E-state index is 11.8. The van der Waals surface area contributed by atoms with E-state index in [1.54, 1.807) is 18.2 Å². The summed E-state index contributed by atoms with van der Waals surface area (Å²) in [6.07, 6.45) is -7.20. The fraction of sp³-hybridized carbons (Fsp3) is 0.462. The molecule has 7 heteroatoms. The largest absolute Gasteiger partial charge is 0.450 e. The summed E-state index contributed by atoms with van der Waals surface area (Å²) in [6.45, 7) is -0.575. The van der Waals surface area contributed by atoms with Crippen LogP contribution in [-0.4, -0.2) is 63.7 Å². The first kappa shape index (κ1) is 14.9. The lowest BCUT2D eigenvalue weighted by atomic mass is 9.99. The molecule has 0 amide bonds. The zero-order chi connectivity index (χ0) is 14.7. The lowest BCUT2D eigenvalue weighted by Gasteiger charge is -2.39. The van der Waals surface area contributed by atoms with Gasteiger partial charge in [-0.05, 0) is 12.1 Å². The highest BCUT2D eigenvalue weighted by atomic mass is 16.7. The van der Waals surface area contributed by atoms with Gasteiger partial charge in [0.2, 0.25) is 0 Å². The topological polar surface area (TPSA) is 116 Å². The molecule has 1 aromatic rings. The van der Waals surface area contributed by atoms with Gasteiger partial charge in [0.25, 0.3) is 0 Å². The van der Waals surface area contributed by atoms with Crippen molar-refractivity contribution in [2.24, 2.45) is 0 Å². The van der Waals surface area contributed by atoms with Gasteiger partial charge in [-0.1, -0.05) is 18.2 Å². The summed E-state index contributed by atoms with van der Waals surface area (Å²) < 4.78 is 9.85. The second-order valence-corrected chi connectivity index (χ2v) is 4.46. The molecule has 1 saturated heterocycles. The molecule has 20 heavy (non-hydrogen) atoms. The van der Waals surface area contributed by atoms with Crippen LogP contribution in [0.3, 0.4) is 0 Å². The Bertz CT molecular complexity index is 449. The third kappa shape index (κ3) is 2.97. The molecule has 1 aliphatic heterocycles. The number of aliphatic hydroxyl groups is 4. The van der Waals surface area contributed by atoms with Crippen molar-refractivity contribution in [1.82, 2.24) is 0 Å². The number of aliphatic hydroxyl groups excluding tert-OH is 4. The zero-order valence-corrected chi connectivity index (χ0v) is 10.5. The first-order valence-corrected chi connectivity index (χ1v) is 6.11. The zero-order valence-electron chi connectivity index (χ0n) is 10.5. The third-order valence-electron chi connectivity index (χ3n) is 3.10. The molecule has 0 unspecified atom stereocenters. The highest BCUT2D eigenvalue weighted by Gasteiger charge is 2.45. The van der Waals surface area contributed by atoms with Crippen LogP contribution >= 0.6 is 0 Å². The van der Waals surface area contributed by atoms with Crippen LogP contribution in [-0.2, 0) is 9.47 Å². The van der Waals surface area contributed by atoms with Gasteiger partial charge in [0.15, 0.2) is 12.4 Å². The van der Waals surface area contributed by atoms with Crippen molar-refractivity contribution in [3.8, 4) is 0 Å². The minimum atomic E-state index is -1.63. The van der Waals surface area contributed by atoms with Crippen molar-refractivity contribution in [1.29, 1.82) is 0 Å². The molecule has 110 valence electrons. The fourth-order valence-electron chi connectivity index (χ4n) is 1.96. The van der Waals surface area contributed by atoms with Crippen LogP contribution in [0.2, 0.25) is 0 Å². The van der Waals surface area contributed by atoms with Crippen LogP contribution in [0.25, 0.3) is 0 Å². The summed E-state index contributed by atoms with van der Waals surface area (Å²) in [4.78, 5) is 11.8. The van der Waals surface area contributed by atoms with Crippen LogP contribution in [0.5, 0.6) is 0 Å². The van der Waals surface area contributed by atoms with E-state index in [4.69, 9.17) is 14.6 Å². The molecule has 0 spiro atoms. The van der Waals surface area contributed by atoms with Crippen LogP contribution in [0.15, 0.2) is 30.3 Å². The highest BCUT2D eigenvalue weighted by molar-refractivity contribution is 5.89. The number of hydrogen-bond acceptors (Lipinski definition) is 7. The lowest BCUT2D eigenvalue weighted by molar-refractivity contribution is -0.285. The molecule has 1 heterocycles. The predicted molar refractivity (Wildman–Crippen MR) is 65.6 cm³/mol. The Labute approximate surface area is 115 Å². The normalized spacial score (nSPS) is 33.7. The molecule has 0 bridgehead atoms. The van der Waals surface area contributed by atoms with Crippen LogP contribution in [0.4, 0.5) is 0 Å². The molecule has 7 nitrogen and oxygen atoms in total. The summed E-state index contributed by atoms with van der Waals surface area (Å²) >= 11 is 0. The van der Waals surface area contributed by atoms with E-state index in [1.165, 1.54) is 12.1 Å². The molecule has 0 aliphatic carbocycles. The van der Waals surface area contributed by atoms with E-state index in [2.05, 4.69) is 0 Å². The quantitative estimate of drug-likeness (QED) is 0.507. The average molecular weight is 284 g/mol. The first-order valence-electron chi connectivity index (χ1n) is 6.11. The molecule has 0 radical (unpaired) electrons. The Morgan fingerprint density at radius 1 is 1.15 bits per heavy atom. The number of rotatable bonds is 3. The van der Waals surface area contributed by atoms with Crippen molar-refractivity contribution in [3.05, 3.63) is 35.9 Å². The molecule has 1 fully saturated rings. The highest BCUT2D eigenvalue weighted by Crippen LogP contribution is 2.23. The molecule has 1 aliphatic rings. The number of ether oxygens (including phenoxy) is 2. The molecule has 1 aromatic carbocycles. The number of carbonyl (C=O) groups is 1. The van der Waals surface area contributed by atoms with Gasteiger partial charge >= 0.3 is 5.97 Å². The summed E-state index contributed by atoms with van der Waals surface area (Å²) in [5.41, 5.74) is 0.241. The molecular formula is C13H16O7. The van der Waals surface area contributed by atoms with Gasteiger partial charge in [0, 0.05) is 0 Å². The van der Waals surface area contributed by atoms with E-state index in [1.807, 2.05) is 0 Å². The summed E-state index contributed by atoms with van der Waals surface area (Å²) in [7, 11) is 0. The van der Waals surface area contributed by atoms with E-state index in [9.17, 15) is 20.1 Å². The minimum Gasteiger partial charge on any atom is -0.450 e. The Morgan fingerprint density at radius 3 is 2.40 bits per heavy atom. The fourth-order valence-corrected chi connectivity index (χ4v) is 1.96.